The highest BCUT2D eigenvalue weighted by atomic mass is 28.4. The molecular weight excluding hydrogens is 452 g/mol. The van der Waals surface area contributed by atoms with Crippen LogP contribution in [0.3, 0.4) is 0 Å². The van der Waals surface area contributed by atoms with Crippen molar-refractivity contribution in [3.8, 4) is 0 Å². The minimum absolute atomic E-state index is 0.0498. The van der Waals surface area contributed by atoms with Crippen LogP contribution in [0.25, 0.3) is 0 Å². The number of fused-ring (bicyclic) bond motifs is 5. The third-order valence-corrected chi connectivity index (χ3v) is 11.1. The van der Waals surface area contributed by atoms with E-state index in [0.29, 0.717) is 12.8 Å². The van der Waals surface area contributed by atoms with Crippen LogP contribution in [-0.2, 0) is 23.4 Å². The van der Waals surface area contributed by atoms with Gasteiger partial charge in [-0.2, -0.15) is 0 Å². The van der Waals surface area contributed by atoms with Crippen molar-refractivity contribution in [2.24, 2.45) is 28.6 Å². The largest absolute Gasteiger partial charge is 0.509 e. The van der Waals surface area contributed by atoms with Crippen LogP contribution in [0.2, 0.25) is 19.6 Å². The molecule has 5 aliphatic rings. The van der Waals surface area contributed by atoms with E-state index < -0.39 is 54.4 Å². The highest BCUT2D eigenvalue weighted by Crippen LogP contribution is 2.67. The number of rotatable bonds is 2. The Bertz CT molecular complexity index is 982. The van der Waals surface area contributed by atoms with Gasteiger partial charge in [-0.25, -0.2) is 4.79 Å². The molecule has 1 unspecified atom stereocenters. The molecule has 0 radical (unpaired) electrons. The van der Waals surface area contributed by atoms with Crippen LogP contribution in [-0.4, -0.2) is 61.5 Å². The molecule has 8 heteroatoms. The Morgan fingerprint density at radius 2 is 1.76 bits per heavy atom. The highest BCUT2D eigenvalue weighted by molar-refractivity contribution is 6.69. The summed E-state index contributed by atoms with van der Waals surface area (Å²) in [6.07, 6.45) is -1.14. The Morgan fingerprint density at radius 1 is 1.12 bits per heavy atom. The Morgan fingerprint density at radius 3 is 2.32 bits per heavy atom. The molecule has 4 fully saturated rings. The van der Waals surface area contributed by atoms with E-state index in [1.54, 1.807) is 0 Å². The Kier molecular flexibility index (Phi) is 5.01. The van der Waals surface area contributed by atoms with Crippen molar-refractivity contribution in [2.45, 2.75) is 104 Å². The number of aliphatic hydroxyl groups is 1. The van der Waals surface area contributed by atoms with E-state index >= 15 is 0 Å². The second kappa shape index (κ2) is 6.96. The van der Waals surface area contributed by atoms with Gasteiger partial charge < -0.3 is 23.7 Å². The number of carbonyl (C=O) groups excluding carboxylic acids is 2. The summed E-state index contributed by atoms with van der Waals surface area (Å²) in [6, 6.07) is 0. The first-order valence-electron chi connectivity index (χ1n) is 12.7. The summed E-state index contributed by atoms with van der Waals surface area (Å²) in [6.45, 7) is 18.7. The zero-order valence-electron chi connectivity index (χ0n) is 22.0. The van der Waals surface area contributed by atoms with Gasteiger partial charge in [0.2, 0.25) is 0 Å². The fraction of sp³-hybridized carbons (Fsp3) is 0.846. The normalized spacial score (nSPS) is 49.6. The molecule has 1 N–H and O–H groups in total. The van der Waals surface area contributed by atoms with E-state index in [2.05, 4.69) is 47.3 Å². The molecule has 0 aromatic heterocycles. The maximum absolute atomic E-state index is 14.5. The topological polar surface area (TPSA) is 91.3 Å². The zero-order chi connectivity index (χ0) is 25.2. The number of ketones is 1. The lowest BCUT2D eigenvalue weighted by Gasteiger charge is -2.66. The van der Waals surface area contributed by atoms with Gasteiger partial charge in [0, 0.05) is 29.1 Å². The highest BCUT2D eigenvalue weighted by Gasteiger charge is 2.78. The smallest absolute Gasteiger partial charge is 0.426 e. The predicted octanol–water partition coefficient (Wildman–Crippen LogP) is 4.24. The Hall–Kier alpha value is -1.22. The first-order valence-corrected chi connectivity index (χ1v) is 16.1. The summed E-state index contributed by atoms with van der Waals surface area (Å²) in [4.78, 5) is 27.4. The SMILES string of the molecule is CC1=C2[C@@H](C)C(=O)[C@@]3(C)[C@H](C4OC(=O)O[C@@]4(C[C@@H]1O[Si](C)(C)C)C2(C)C)[C@]1(O)CO[C@@H]1C[C@@H]3C. The van der Waals surface area contributed by atoms with Crippen molar-refractivity contribution in [2.75, 3.05) is 6.61 Å². The van der Waals surface area contributed by atoms with Crippen molar-refractivity contribution in [1.82, 2.24) is 0 Å². The van der Waals surface area contributed by atoms with E-state index in [0.717, 1.165) is 11.1 Å². The zero-order valence-corrected chi connectivity index (χ0v) is 23.0. The molecule has 9 atom stereocenters. The third kappa shape index (κ3) is 2.80. The van der Waals surface area contributed by atoms with Gasteiger partial charge in [0.1, 0.15) is 11.4 Å². The molecule has 0 aromatic rings. The van der Waals surface area contributed by atoms with E-state index in [4.69, 9.17) is 18.6 Å². The molecule has 1 spiro atoms. The summed E-state index contributed by atoms with van der Waals surface area (Å²) in [5.41, 5.74) is -1.83. The summed E-state index contributed by atoms with van der Waals surface area (Å²) in [7, 11) is -1.97. The summed E-state index contributed by atoms with van der Waals surface area (Å²) in [5, 5.41) is 12.0. The lowest BCUT2D eigenvalue weighted by molar-refractivity contribution is -0.327. The van der Waals surface area contributed by atoms with Crippen molar-refractivity contribution in [3.05, 3.63) is 11.1 Å². The molecule has 190 valence electrons. The minimum Gasteiger partial charge on any atom is -0.426 e. The molecule has 0 aromatic carbocycles. The fourth-order valence-electron chi connectivity index (χ4n) is 8.32. The van der Waals surface area contributed by atoms with E-state index in [-0.39, 0.29) is 30.5 Å². The average Bonchev–Trinajstić information content (AvgIpc) is 3.02. The molecular formula is C26H40O7Si. The van der Waals surface area contributed by atoms with Gasteiger partial charge in [-0.3, -0.25) is 4.79 Å². The van der Waals surface area contributed by atoms with Gasteiger partial charge in [0.25, 0.3) is 0 Å². The number of ether oxygens (including phenoxy) is 3. The fourth-order valence-corrected chi connectivity index (χ4v) is 9.44. The first kappa shape index (κ1) is 24.5. The molecule has 2 aliphatic heterocycles. The Balaban J connectivity index is 1.80. The molecule has 7 nitrogen and oxygen atoms in total. The minimum atomic E-state index is -1.97. The van der Waals surface area contributed by atoms with Crippen LogP contribution in [0.15, 0.2) is 11.1 Å². The van der Waals surface area contributed by atoms with Crippen LogP contribution in [0.1, 0.15) is 54.4 Å². The average molecular weight is 493 g/mol. The predicted molar refractivity (Wildman–Crippen MR) is 128 cm³/mol. The van der Waals surface area contributed by atoms with Crippen molar-refractivity contribution < 1.29 is 33.3 Å². The molecule has 34 heavy (non-hydrogen) atoms. The van der Waals surface area contributed by atoms with Gasteiger partial charge in [-0.1, -0.05) is 34.6 Å². The maximum atomic E-state index is 14.5. The van der Waals surface area contributed by atoms with Gasteiger partial charge in [0.15, 0.2) is 20.0 Å². The molecule has 2 heterocycles. The number of hydrogen-bond acceptors (Lipinski definition) is 7. The molecule has 2 saturated heterocycles. The van der Waals surface area contributed by atoms with Gasteiger partial charge in [-0.15, -0.1) is 0 Å². The van der Waals surface area contributed by atoms with E-state index in [1.165, 1.54) is 0 Å². The second-order valence-electron chi connectivity index (χ2n) is 13.2. The number of carbonyl (C=O) groups is 2. The maximum Gasteiger partial charge on any atom is 0.509 e. The van der Waals surface area contributed by atoms with Crippen molar-refractivity contribution >= 4 is 20.3 Å². The van der Waals surface area contributed by atoms with Crippen LogP contribution in [0, 0.1) is 28.6 Å². The van der Waals surface area contributed by atoms with E-state index in [9.17, 15) is 14.7 Å². The number of hydrogen-bond donors (Lipinski definition) is 1. The van der Waals surface area contributed by atoms with Gasteiger partial charge in [-0.05, 0) is 50.0 Å². The lowest BCUT2D eigenvalue weighted by atomic mass is 9.42. The molecule has 3 aliphatic carbocycles. The summed E-state index contributed by atoms with van der Waals surface area (Å²) in [5.74, 6) is -0.991. The van der Waals surface area contributed by atoms with Crippen LogP contribution >= 0.6 is 0 Å². The summed E-state index contributed by atoms with van der Waals surface area (Å²) < 4.78 is 24.7. The molecule has 2 saturated carbocycles. The molecule has 2 bridgehead atoms. The quantitative estimate of drug-likeness (QED) is 0.350. The van der Waals surface area contributed by atoms with Crippen molar-refractivity contribution in [3.63, 3.8) is 0 Å². The van der Waals surface area contributed by atoms with Crippen molar-refractivity contribution in [1.29, 1.82) is 0 Å². The first-order chi connectivity index (χ1) is 15.5. The third-order valence-electron chi connectivity index (χ3n) is 10.1. The van der Waals surface area contributed by atoms with E-state index in [1.807, 2.05) is 13.8 Å². The van der Waals surface area contributed by atoms with Crippen LogP contribution < -0.4 is 0 Å². The second-order valence-corrected chi connectivity index (χ2v) is 17.7. The monoisotopic (exact) mass is 492 g/mol. The Labute approximate surface area is 203 Å². The standard InChI is InChI=1S/C26H40O7Si/c1-13-10-17-25(29,12-30-17)19-21-26(32-22(28)31-21)11-16(33-34(7,8)9)14(2)18(23(26,4)5)15(3)20(27)24(13,19)6/h13,15-17,19,21,29H,10-12H2,1-9H3/t13-,15+,16-,17+,19-,21?,24+,25-,26+/m0/s1. The van der Waals surface area contributed by atoms with Crippen LogP contribution in [0.4, 0.5) is 4.79 Å². The summed E-state index contributed by atoms with van der Waals surface area (Å²) >= 11 is 0. The molecule has 5 rings (SSSR count). The van der Waals surface area contributed by atoms with Crippen LogP contribution in [0.5, 0.6) is 0 Å². The number of Topliss-reactive ketones (excluding diaryl/α,β-unsaturated/α-hetero) is 1. The van der Waals surface area contributed by atoms with Gasteiger partial charge >= 0.3 is 6.16 Å². The van der Waals surface area contributed by atoms with Gasteiger partial charge in [0.05, 0.1) is 18.8 Å². The molecule has 0 amide bonds. The lowest BCUT2D eigenvalue weighted by Crippen LogP contribution is -2.78.